The van der Waals surface area contributed by atoms with Crippen LogP contribution in [-0.2, 0) is 20.0 Å². The quantitative estimate of drug-likeness (QED) is 0.420. The molecule has 3 aromatic carbocycles. The van der Waals surface area contributed by atoms with Crippen LogP contribution in [0.3, 0.4) is 0 Å². The van der Waals surface area contributed by atoms with Gasteiger partial charge in [0.05, 0.1) is 14.7 Å². The van der Waals surface area contributed by atoms with Crippen molar-refractivity contribution in [3.63, 3.8) is 0 Å². The first-order valence-corrected chi connectivity index (χ1v) is 11.6. The molecule has 3 aromatic rings. The Kier molecular flexibility index (Phi) is 5.64. The Bertz CT molecular complexity index is 1220. The van der Waals surface area contributed by atoms with E-state index in [9.17, 15) is 26.9 Å². The van der Waals surface area contributed by atoms with E-state index in [1.807, 2.05) is 0 Å². The lowest BCUT2D eigenvalue weighted by atomic mass is 10.2. The molecule has 0 aliphatic carbocycles. The van der Waals surface area contributed by atoms with Crippen LogP contribution in [0.25, 0.3) is 0 Å². The SMILES string of the molecule is Cc1ccc(S(=O)(=O)N(c2ccccc2[N+](=O)[O-])S(=O)(=O)c2ccc(C)cc2)cc1. The van der Waals surface area contributed by atoms with Crippen LogP contribution in [0.2, 0.25) is 0 Å². The number of benzene rings is 3. The van der Waals surface area contributed by atoms with Crippen LogP contribution in [0, 0.1) is 24.0 Å². The fourth-order valence-corrected chi connectivity index (χ4v) is 6.49. The highest BCUT2D eigenvalue weighted by atomic mass is 32.3. The van der Waals surface area contributed by atoms with Gasteiger partial charge in [-0.3, -0.25) is 10.1 Å². The average molecular weight is 447 g/mol. The van der Waals surface area contributed by atoms with Crippen LogP contribution >= 0.6 is 0 Å². The first-order valence-electron chi connectivity index (χ1n) is 8.72. The van der Waals surface area contributed by atoms with E-state index in [2.05, 4.69) is 0 Å². The third-order valence-corrected chi connectivity index (χ3v) is 8.53. The number of anilines is 1. The van der Waals surface area contributed by atoms with E-state index in [1.165, 1.54) is 60.7 Å². The second-order valence-electron chi connectivity index (χ2n) is 6.58. The second kappa shape index (κ2) is 7.88. The average Bonchev–Trinajstić information content (AvgIpc) is 2.68. The molecule has 0 heterocycles. The summed E-state index contributed by atoms with van der Waals surface area (Å²) in [6.07, 6.45) is 0. The maximum atomic E-state index is 13.4. The van der Waals surface area contributed by atoms with Crippen molar-refractivity contribution in [1.82, 2.24) is 0 Å². The Morgan fingerprint density at radius 1 is 0.700 bits per heavy atom. The Labute approximate surface area is 174 Å². The van der Waals surface area contributed by atoms with Crippen molar-refractivity contribution in [3.8, 4) is 0 Å². The summed E-state index contributed by atoms with van der Waals surface area (Å²) in [7, 11) is -9.40. The van der Waals surface area contributed by atoms with E-state index in [0.717, 1.165) is 23.3 Å². The number of nitro benzene ring substituents is 1. The van der Waals surface area contributed by atoms with E-state index in [4.69, 9.17) is 0 Å². The summed E-state index contributed by atoms with van der Waals surface area (Å²) < 4.78 is 53.9. The fraction of sp³-hybridized carbons (Fsp3) is 0.100. The van der Waals surface area contributed by atoms with Gasteiger partial charge in [0, 0.05) is 6.07 Å². The monoisotopic (exact) mass is 446 g/mol. The van der Waals surface area contributed by atoms with Gasteiger partial charge in [0.15, 0.2) is 0 Å². The number of sulfonamides is 2. The second-order valence-corrected chi connectivity index (χ2v) is 10.4. The molecule has 0 amide bonds. The topological polar surface area (TPSA) is 115 Å². The summed E-state index contributed by atoms with van der Waals surface area (Å²) in [5, 5.41) is 11.5. The number of hydrogen-bond donors (Lipinski definition) is 0. The van der Waals surface area contributed by atoms with Crippen molar-refractivity contribution in [3.05, 3.63) is 94.0 Å². The van der Waals surface area contributed by atoms with Gasteiger partial charge in [-0.2, -0.15) is 0 Å². The summed E-state index contributed by atoms with van der Waals surface area (Å²) in [4.78, 5) is 10.1. The van der Waals surface area contributed by atoms with E-state index in [0.29, 0.717) is 0 Å². The van der Waals surface area contributed by atoms with Crippen LogP contribution in [0.5, 0.6) is 0 Å². The maximum Gasteiger partial charge on any atom is 0.294 e. The molecule has 0 fully saturated rings. The van der Waals surface area contributed by atoms with Crippen molar-refractivity contribution in [1.29, 1.82) is 0 Å². The van der Waals surface area contributed by atoms with Gasteiger partial charge < -0.3 is 0 Å². The van der Waals surface area contributed by atoms with E-state index >= 15 is 0 Å². The molecule has 0 N–H and O–H groups in total. The summed E-state index contributed by atoms with van der Waals surface area (Å²) >= 11 is 0. The van der Waals surface area contributed by atoms with Gasteiger partial charge in [-0.05, 0) is 44.2 Å². The molecular weight excluding hydrogens is 428 g/mol. The molecule has 30 heavy (non-hydrogen) atoms. The molecule has 3 rings (SSSR count). The Hall–Kier alpha value is -3.24. The molecule has 0 saturated heterocycles. The van der Waals surface area contributed by atoms with Crippen molar-refractivity contribution >= 4 is 31.4 Å². The first kappa shape index (κ1) is 21.5. The molecule has 0 radical (unpaired) electrons. The number of hydrogen-bond acceptors (Lipinski definition) is 6. The molecule has 156 valence electrons. The van der Waals surface area contributed by atoms with Crippen LogP contribution in [0.4, 0.5) is 11.4 Å². The molecule has 0 bridgehead atoms. The molecular formula is C20H18N2O6S2. The highest BCUT2D eigenvalue weighted by Crippen LogP contribution is 2.36. The van der Waals surface area contributed by atoms with Gasteiger partial charge >= 0.3 is 0 Å². The van der Waals surface area contributed by atoms with Crippen molar-refractivity contribution in [2.24, 2.45) is 0 Å². The first-order chi connectivity index (χ1) is 14.0. The zero-order valence-electron chi connectivity index (χ0n) is 16.1. The lowest BCUT2D eigenvalue weighted by Gasteiger charge is -2.24. The van der Waals surface area contributed by atoms with Gasteiger partial charge in [0.1, 0.15) is 5.69 Å². The summed E-state index contributed by atoms with van der Waals surface area (Å²) in [5.74, 6) is 0. The van der Waals surface area contributed by atoms with E-state index < -0.39 is 36.3 Å². The van der Waals surface area contributed by atoms with Gasteiger partial charge in [0.2, 0.25) is 0 Å². The van der Waals surface area contributed by atoms with Gasteiger partial charge in [-0.25, -0.2) is 16.8 Å². The van der Waals surface area contributed by atoms with Gasteiger partial charge in [0.25, 0.3) is 25.7 Å². The Morgan fingerprint density at radius 2 is 1.10 bits per heavy atom. The summed E-state index contributed by atoms with van der Waals surface area (Å²) in [6, 6.07) is 15.9. The van der Waals surface area contributed by atoms with Crippen LogP contribution in [0.15, 0.2) is 82.6 Å². The molecule has 10 heteroatoms. The molecule has 0 aliphatic heterocycles. The van der Waals surface area contributed by atoms with Crippen LogP contribution in [-0.4, -0.2) is 21.8 Å². The largest absolute Gasteiger partial charge is 0.294 e. The maximum absolute atomic E-state index is 13.4. The number of aryl methyl sites for hydroxylation is 2. The fourth-order valence-electron chi connectivity index (χ4n) is 2.77. The molecule has 8 nitrogen and oxygen atoms in total. The van der Waals surface area contributed by atoms with Crippen molar-refractivity contribution < 1.29 is 21.8 Å². The van der Waals surface area contributed by atoms with Crippen molar-refractivity contribution in [2.45, 2.75) is 23.6 Å². The van der Waals surface area contributed by atoms with Crippen LogP contribution < -0.4 is 3.71 Å². The number of rotatable bonds is 6. The standard InChI is InChI=1S/C20H18N2O6S2/c1-15-7-11-17(12-8-15)29(25,26)22(20-6-4-3-5-19(20)21(23)24)30(27,28)18-13-9-16(2)10-14-18/h3-14H,1-2H3. The number of nitrogens with zero attached hydrogens (tertiary/aromatic N) is 2. The molecule has 0 spiro atoms. The predicted octanol–water partition coefficient (Wildman–Crippen LogP) is 3.80. The predicted molar refractivity (Wildman–Crippen MR) is 112 cm³/mol. The molecule has 0 atom stereocenters. The highest BCUT2D eigenvalue weighted by Gasteiger charge is 2.40. The Balaban J connectivity index is 2.34. The van der Waals surface area contributed by atoms with E-state index in [1.54, 1.807) is 13.8 Å². The number of nitro groups is 1. The minimum Gasteiger partial charge on any atom is -0.258 e. The summed E-state index contributed by atoms with van der Waals surface area (Å²) in [5.41, 5.74) is 0.327. The number of para-hydroxylation sites is 2. The third-order valence-electron chi connectivity index (χ3n) is 4.35. The third kappa shape index (κ3) is 3.91. The van der Waals surface area contributed by atoms with Crippen LogP contribution in [0.1, 0.15) is 11.1 Å². The van der Waals surface area contributed by atoms with Gasteiger partial charge in [-0.15, -0.1) is 3.71 Å². The highest BCUT2D eigenvalue weighted by molar-refractivity contribution is 8.10. The zero-order valence-corrected chi connectivity index (χ0v) is 17.7. The molecule has 0 aliphatic rings. The normalized spacial score (nSPS) is 11.8. The van der Waals surface area contributed by atoms with E-state index in [-0.39, 0.29) is 13.5 Å². The van der Waals surface area contributed by atoms with Gasteiger partial charge in [-0.1, -0.05) is 47.5 Å². The lowest BCUT2D eigenvalue weighted by molar-refractivity contribution is -0.384. The summed E-state index contributed by atoms with van der Waals surface area (Å²) in [6.45, 7) is 3.50. The van der Waals surface area contributed by atoms with Crippen molar-refractivity contribution in [2.75, 3.05) is 3.71 Å². The minimum absolute atomic E-state index is 0.132. The molecule has 0 saturated carbocycles. The zero-order chi connectivity index (χ0) is 22.1. The smallest absolute Gasteiger partial charge is 0.258 e. The minimum atomic E-state index is -4.70. The molecule has 0 aromatic heterocycles. The Morgan fingerprint density at radius 3 is 1.50 bits per heavy atom. The molecule has 0 unspecified atom stereocenters. The lowest BCUT2D eigenvalue weighted by Crippen LogP contribution is -2.37.